The second-order valence-corrected chi connectivity index (χ2v) is 8.33. The van der Waals surface area contributed by atoms with Crippen LogP contribution < -0.4 is 15.0 Å². The van der Waals surface area contributed by atoms with Crippen LogP contribution in [0.4, 0.5) is 10.5 Å². The Morgan fingerprint density at radius 2 is 1.90 bits per heavy atom. The van der Waals surface area contributed by atoms with Gasteiger partial charge < -0.3 is 15.0 Å². The van der Waals surface area contributed by atoms with Crippen LogP contribution in [0.15, 0.2) is 48.5 Å². The van der Waals surface area contributed by atoms with Crippen molar-refractivity contribution in [2.45, 2.75) is 32.4 Å². The molecule has 1 saturated heterocycles. The minimum absolute atomic E-state index is 0.0182. The van der Waals surface area contributed by atoms with Crippen molar-refractivity contribution in [2.24, 2.45) is 5.92 Å². The van der Waals surface area contributed by atoms with Crippen molar-refractivity contribution in [3.05, 3.63) is 59.1 Å². The molecular weight excluding hydrogens is 402 g/mol. The third-order valence-electron chi connectivity index (χ3n) is 5.65. The molecule has 2 aliphatic heterocycles. The summed E-state index contributed by atoms with van der Waals surface area (Å²) in [6.07, 6.45) is 1.27. The van der Waals surface area contributed by atoms with E-state index in [0.29, 0.717) is 44.0 Å². The second-order valence-electron chi connectivity index (χ2n) is 7.90. The average Bonchev–Trinajstić information content (AvgIpc) is 2.76. The number of ether oxygens (including phenoxy) is 1. The Morgan fingerprint density at radius 3 is 2.67 bits per heavy atom. The Morgan fingerprint density at radius 1 is 1.13 bits per heavy atom. The van der Waals surface area contributed by atoms with Gasteiger partial charge in [0.05, 0.1) is 12.2 Å². The van der Waals surface area contributed by atoms with E-state index < -0.39 is 0 Å². The normalized spacial score (nSPS) is 19.1. The fourth-order valence-corrected chi connectivity index (χ4v) is 4.27. The summed E-state index contributed by atoms with van der Waals surface area (Å²) in [5.74, 6) is 0.691. The highest BCUT2D eigenvalue weighted by Gasteiger charge is 2.33. The van der Waals surface area contributed by atoms with Crippen molar-refractivity contribution in [3.8, 4) is 5.75 Å². The largest absolute Gasteiger partial charge is 0.487 e. The minimum Gasteiger partial charge on any atom is -0.487 e. The first kappa shape index (κ1) is 20.5. The number of piperidine rings is 1. The fourth-order valence-electron chi connectivity index (χ4n) is 4.05. The Labute approximate surface area is 181 Å². The van der Waals surface area contributed by atoms with Crippen molar-refractivity contribution in [3.63, 3.8) is 0 Å². The first-order valence-corrected chi connectivity index (χ1v) is 10.7. The summed E-state index contributed by atoms with van der Waals surface area (Å²) in [5.41, 5.74) is 1.78. The molecule has 0 aliphatic carbocycles. The maximum absolute atomic E-state index is 13.2. The van der Waals surface area contributed by atoms with E-state index in [0.717, 1.165) is 17.0 Å². The standard InChI is InChI=1S/C23H26ClN3O3/c1-16-15-27(20-7-2-3-8-21(20)30-16)23(29)26-11-9-18(10-12-26)22(28)25-14-17-5-4-6-19(24)13-17/h2-8,13,16,18H,9-12,14-15H2,1H3,(H,25,28). The van der Waals surface area contributed by atoms with Gasteiger partial charge in [-0.2, -0.15) is 0 Å². The first-order chi connectivity index (χ1) is 14.5. The van der Waals surface area contributed by atoms with Gasteiger partial charge in [-0.05, 0) is 49.6 Å². The molecule has 2 aromatic rings. The predicted octanol–water partition coefficient (Wildman–Crippen LogP) is 4.08. The van der Waals surface area contributed by atoms with E-state index in [4.69, 9.17) is 16.3 Å². The van der Waals surface area contributed by atoms with Gasteiger partial charge in [0, 0.05) is 30.6 Å². The Hall–Kier alpha value is -2.73. The zero-order chi connectivity index (χ0) is 21.1. The molecule has 2 aromatic carbocycles. The summed E-state index contributed by atoms with van der Waals surface area (Å²) >= 11 is 6.00. The number of carbonyl (C=O) groups excluding carboxylic acids is 2. The van der Waals surface area contributed by atoms with E-state index in [-0.39, 0.29) is 24.0 Å². The molecule has 7 heteroatoms. The van der Waals surface area contributed by atoms with Gasteiger partial charge in [-0.15, -0.1) is 0 Å². The number of anilines is 1. The number of rotatable bonds is 3. The summed E-state index contributed by atoms with van der Waals surface area (Å²) in [6, 6.07) is 15.1. The molecule has 4 rings (SSSR count). The number of fused-ring (bicyclic) bond motifs is 1. The predicted molar refractivity (Wildman–Crippen MR) is 117 cm³/mol. The van der Waals surface area contributed by atoms with Gasteiger partial charge >= 0.3 is 6.03 Å². The van der Waals surface area contributed by atoms with Crippen LogP contribution in [0, 0.1) is 5.92 Å². The minimum atomic E-state index is -0.0795. The first-order valence-electron chi connectivity index (χ1n) is 10.4. The van der Waals surface area contributed by atoms with Crippen molar-refractivity contribution < 1.29 is 14.3 Å². The second kappa shape index (κ2) is 8.96. The van der Waals surface area contributed by atoms with Crippen LogP contribution in [0.1, 0.15) is 25.3 Å². The molecule has 1 fully saturated rings. The van der Waals surface area contributed by atoms with Crippen LogP contribution in [-0.2, 0) is 11.3 Å². The smallest absolute Gasteiger partial charge is 0.324 e. The highest BCUT2D eigenvalue weighted by Crippen LogP contribution is 2.34. The monoisotopic (exact) mass is 427 g/mol. The van der Waals surface area contributed by atoms with E-state index in [1.807, 2.05) is 60.4 Å². The number of urea groups is 1. The van der Waals surface area contributed by atoms with E-state index in [1.54, 1.807) is 4.90 Å². The molecule has 2 heterocycles. The lowest BCUT2D eigenvalue weighted by Crippen LogP contribution is -2.52. The third kappa shape index (κ3) is 4.54. The lowest BCUT2D eigenvalue weighted by atomic mass is 9.96. The number of likely N-dealkylation sites (tertiary alicyclic amines) is 1. The van der Waals surface area contributed by atoms with Crippen molar-refractivity contribution in [1.82, 2.24) is 10.2 Å². The van der Waals surface area contributed by atoms with Gasteiger partial charge in [0.15, 0.2) is 0 Å². The summed E-state index contributed by atoms with van der Waals surface area (Å²) in [5, 5.41) is 3.65. The number of nitrogens with one attached hydrogen (secondary N) is 1. The van der Waals surface area contributed by atoms with E-state index >= 15 is 0 Å². The summed E-state index contributed by atoms with van der Waals surface area (Å²) in [6.45, 7) is 4.09. The van der Waals surface area contributed by atoms with Gasteiger partial charge in [-0.1, -0.05) is 35.9 Å². The summed E-state index contributed by atoms with van der Waals surface area (Å²) in [4.78, 5) is 29.4. The number of carbonyl (C=O) groups is 2. The molecule has 1 atom stereocenters. The molecule has 0 aromatic heterocycles. The Bertz CT molecular complexity index is 927. The highest BCUT2D eigenvalue weighted by molar-refractivity contribution is 6.30. The number of hydrogen-bond donors (Lipinski definition) is 1. The quantitative estimate of drug-likeness (QED) is 0.802. The van der Waals surface area contributed by atoms with Crippen LogP contribution in [0.25, 0.3) is 0 Å². The zero-order valence-electron chi connectivity index (χ0n) is 17.0. The number of nitrogens with zero attached hydrogens (tertiary/aromatic N) is 2. The molecule has 2 aliphatic rings. The van der Waals surface area contributed by atoms with Crippen molar-refractivity contribution in [2.75, 3.05) is 24.5 Å². The van der Waals surface area contributed by atoms with E-state index in [1.165, 1.54) is 0 Å². The molecule has 0 spiro atoms. The summed E-state index contributed by atoms with van der Waals surface area (Å²) in [7, 11) is 0. The maximum Gasteiger partial charge on any atom is 0.324 e. The zero-order valence-corrected chi connectivity index (χ0v) is 17.8. The molecular formula is C23H26ClN3O3. The number of para-hydroxylation sites is 2. The molecule has 3 amide bonds. The molecule has 1 unspecified atom stereocenters. The van der Waals surface area contributed by atoms with Gasteiger partial charge in [0.25, 0.3) is 0 Å². The summed E-state index contributed by atoms with van der Waals surface area (Å²) < 4.78 is 5.85. The van der Waals surface area contributed by atoms with Crippen LogP contribution in [-0.4, -0.2) is 42.6 Å². The number of hydrogen-bond acceptors (Lipinski definition) is 3. The third-order valence-corrected chi connectivity index (χ3v) is 5.88. The lowest BCUT2D eigenvalue weighted by Gasteiger charge is -2.39. The number of amides is 3. The molecule has 158 valence electrons. The van der Waals surface area contributed by atoms with E-state index in [2.05, 4.69) is 5.32 Å². The Kier molecular flexibility index (Phi) is 6.13. The van der Waals surface area contributed by atoms with E-state index in [9.17, 15) is 9.59 Å². The molecule has 0 radical (unpaired) electrons. The molecule has 1 N–H and O–H groups in total. The Balaban J connectivity index is 1.32. The molecule has 0 saturated carbocycles. The van der Waals surface area contributed by atoms with Crippen LogP contribution in [0.2, 0.25) is 5.02 Å². The van der Waals surface area contributed by atoms with Crippen LogP contribution in [0.3, 0.4) is 0 Å². The van der Waals surface area contributed by atoms with Crippen LogP contribution >= 0.6 is 11.6 Å². The van der Waals surface area contributed by atoms with Gasteiger partial charge in [-0.25, -0.2) is 4.79 Å². The maximum atomic E-state index is 13.2. The van der Waals surface area contributed by atoms with Crippen LogP contribution in [0.5, 0.6) is 5.75 Å². The molecule has 6 nitrogen and oxygen atoms in total. The van der Waals surface area contributed by atoms with Gasteiger partial charge in [0.1, 0.15) is 11.9 Å². The fraction of sp³-hybridized carbons (Fsp3) is 0.391. The van der Waals surface area contributed by atoms with Gasteiger partial charge in [-0.3, -0.25) is 9.69 Å². The topological polar surface area (TPSA) is 61.9 Å². The van der Waals surface area contributed by atoms with Crippen molar-refractivity contribution >= 4 is 29.2 Å². The highest BCUT2D eigenvalue weighted by atomic mass is 35.5. The molecule has 30 heavy (non-hydrogen) atoms. The SMILES string of the molecule is CC1CN(C(=O)N2CCC(C(=O)NCc3cccc(Cl)c3)CC2)c2ccccc2O1. The number of benzene rings is 2. The molecule has 0 bridgehead atoms. The van der Waals surface area contributed by atoms with Crippen molar-refractivity contribution in [1.29, 1.82) is 0 Å². The average molecular weight is 428 g/mol. The number of halogens is 1. The van der Waals surface area contributed by atoms with Gasteiger partial charge in [0.2, 0.25) is 5.91 Å². The lowest BCUT2D eigenvalue weighted by molar-refractivity contribution is -0.126.